The van der Waals surface area contributed by atoms with E-state index in [0.717, 1.165) is 18.0 Å². The Kier molecular flexibility index (Phi) is 2.32. The number of nitrogens with zero attached hydrogens (tertiary/aromatic N) is 4. The summed E-state index contributed by atoms with van der Waals surface area (Å²) in [7, 11) is 0. The molecule has 0 radical (unpaired) electrons. The molecule has 84 valence electrons. The predicted octanol–water partition coefficient (Wildman–Crippen LogP) is 0.967. The predicted molar refractivity (Wildman–Crippen MR) is 59.9 cm³/mol. The van der Waals surface area contributed by atoms with E-state index in [9.17, 15) is 0 Å². The first-order valence-corrected chi connectivity index (χ1v) is 5.75. The lowest BCUT2D eigenvalue weighted by Gasteiger charge is -2.15. The minimum absolute atomic E-state index is 0.461. The van der Waals surface area contributed by atoms with Crippen molar-refractivity contribution in [2.24, 2.45) is 11.7 Å². The number of hydrogen-bond acceptors (Lipinski definition) is 4. The molecule has 1 aliphatic rings. The maximum Gasteiger partial charge on any atom is 0.179 e. The summed E-state index contributed by atoms with van der Waals surface area (Å²) in [6, 6.07) is 0. The summed E-state index contributed by atoms with van der Waals surface area (Å²) in [6.07, 6.45) is 9.06. The van der Waals surface area contributed by atoms with Gasteiger partial charge in [0.1, 0.15) is 5.82 Å². The van der Waals surface area contributed by atoms with Gasteiger partial charge in [-0.15, -0.1) is 10.2 Å². The SMILES string of the molecule is NCC1CCCC1c1nnc2cnccn12. The van der Waals surface area contributed by atoms with Gasteiger partial charge < -0.3 is 5.73 Å². The fourth-order valence-corrected chi connectivity index (χ4v) is 2.68. The highest BCUT2D eigenvalue weighted by Gasteiger charge is 2.30. The third kappa shape index (κ3) is 1.39. The third-order valence-electron chi connectivity index (χ3n) is 3.53. The van der Waals surface area contributed by atoms with Crippen LogP contribution in [0.15, 0.2) is 18.6 Å². The summed E-state index contributed by atoms with van der Waals surface area (Å²) in [4.78, 5) is 4.04. The molecule has 2 aromatic heterocycles. The Morgan fingerprint density at radius 2 is 2.31 bits per heavy atom. The van der Waals surface area contributed by atoms with Gasteiger partial charge in [-0.25, -0.2) is 0 Å². The van der Waals surface area contributed by atoms with Crippen molar-refractivity contribution in [1.29, 1.82) is 0 Å². The van der Waals surface area contributed by atoms with Gasteiger partial charge in [0, 0.05) is 18.3 Å². The summed E-state index contributed by atoms with van der Waals surface area (Å²) in [6.45, 7) is 0.741. The Morgan fingerprint density at radius 3 is 3.19 bits per heavy atom. The largest absolute Gasteiger partial charge is 0.330 e. The Morgan fingerprint density at radius 1 is 1.38 bits per heavy atom. The van der Waals surface area contributed by atoms with E-state index >= 15 is 0 Å². The first-order valence-electron chi connectivity index (χ1n) is 5.75. The van der Waals surface area contributed by atoms with Crippen molar-refractivity contribution >= 4 is 5.65 Å². The molecule has 2 aromatic rings. The second kappa shape index (κ2) is 3.83. The number of hydrogen-bond donors (Lipinski definition) is 1. The molecule has 0 spiro atoms. The van der Waals surface area contributed by atoms with Crippen LogP contribution in [-0.2, 0) is 0 Å². The van der Waals surface area contributed by atoms with E-state index in [2.05, 4.69) is 15.2 Å². The molecule has 0 saturated heterocycles. The van der Waals surface area contributed by atoms with Crippen LogP contribution in [-0.4, -0.2) is 26.1 Å². The maximum absolute atomic E-state index is 5.80. The van der Waals surface area contributed by atoms with Gasteiger partial charge in [0.25, 0.3) is 0 Å². The van der Waals surface area contributed by atoms with Gasteiger partial charge >= 0.3 is 0 Å². The summed E-state index contributed by atoms with van der Waals surface area (Å²) >= 11 is 0. The Bertz CT molecular complexity index is 492. The van der Waals surface area contributed by atoms with E-state index < -0.39 is 0 Å². The molecule has 2 N–H and O–H groups in total. The van der Waals surface area contributed by atoms with E-state index in [0.29, 0.717) is 11.8 Å². The van der Waals surface area contributed by atoms with Crippen molar-refractivity contribution in [2.75, 3.05) is 6.54 Å². The van der Waals surface area contributed by atoms with Crippen LogP contribution in [0.5, 0.6) is 0 Å². The van der Waals surface area contributed by atoms with Crippen LogP contribution in [0.2, 0.25) is 0 Å². The van der Waals surface area contributed by atoms with Crippen molar-refractivity contribution in [3.8, 4) is 0 Å². The lowest BCUT2D eigenvalue weighted by atomic mass is 9.95. The van der Waals surface area contributed by atoms with Crippen LogP contribution in [0, 0.1) is 5.92 Å². The topological polar surface area (TPSA) is 69.1 Å². The Balaban J connectivity index is 2.05. The van der Waals surface area contributed by atoms with E-state index in [1.165, 1.54) is 19.3 Å². The normalized spacial score (nSPS) is 25.3. The smallest absolute Gasteiger partial charge is 0.179 e. The van der Waals surface area contributed by atoms with E-state index in [1.807, 2.05) is 10.6 Å². The minimum Gasteiger partial charge on any atom is -0.330 e. The average molecular weight is 217 g/mol. The van der Waals surface area contributed by atoms with E-state index in [4.69, 9.17) is 5.73 Å². The lowest BCUT2D eigenvalue weighted by Crippen LogP contribution is -2.18. The zero-order valence-corrected chi connectivity index (χ0v) is 9.08. The van der Waals surface area contributed by atoms with Crippen molar-refractivity contribution in [1.82, 2.24) is 19.6 Å². The summed E-state index contributed by atoms with van der Waals surface area (Å²) < 4.78 is 2.03. The molecule has 2 unspecified atom stereocenters. The molecule has 2 heterocycles. The number of aromatic nitrogens is 4. The monoisotopic (exact) mass is 217 g/mol. The van der Waals surface area contributed by atoms with Crippen LogP contribution < -0.4 is 5.73 Å². The van der Waals surface area contributed by atoms with Crippen molar-refractivity contribution in [3.63, 3.8) is 0 Å². The van der Waals surface area contributed by atoms with Gasteiger partial charge in [-0.3, -0.25) is 9.38 Å². The molecule has 3 rings (SSSR count). The quantitative estimate of drug-likeness (QED) is 0.813. The van der Waals surface area contributed by atoms with Gasteiger partial charge in [0.15, 0.2) is 5.65 Å². The molecule has 1 fully saturated rings. The van der Waals surface area contributed by atoms with E-state index in [-0.39, 0.29) is 0 Å². The highest BCUT2D eigenvalue weighted by atomic mass is 15.3. The van der Waals surface area contributed by atoms with Crippen LogP contribution in [0.1, 0.15) is 31.0 Å². The molecule has 1 aliphatic carbocycles. The summed E-state index contributed by atoms with van der Waals surface area (Å²) in [5.74, 6) is 2.06. The summed E-state index contributed by atoms with van der Waals surface area (Å²) in [5, 5.41) is 8.43. The molecular weight excluding hydrogens is 202 g/mol. The molecule has 0 aromatic carbocycles. The zero-order valence-electron chi connectivity index (χ0n) is 9.08. The van der Waals surface area contributed by atoms with Crippen molar-refractivity contribution in [2.45, 2.75) is 25.2 Å². The fourth-order valence-electron chi connectivity index (χ4n) is 2.68. The first kappa shape index (κ1) is 9.72. The minimum atomic E-state index is 0.461. The number of fused-ring (bicyclic) bond motifs is 1. The first-order chi connectivity index (χ1) is 7.90. The standard InChI is InChI=1S/C11H15N5/c12-6-8-2-1-3-9(8)11-15-14-10-7-13-4-5-16(10)11/h4-5,7-9H,1-3,6,12H2. The Hall–Kier alpha value is -1.49. The van der Waals surface area contributed by atoms with Crippen LogP contribution in [0.3, 0.4) is 0 Å². The third-order valence-corrected chi connectivity index (χ3v) is 3.53. The molecule has 0 bridgehead atoms. The molecule has 5 nitrogen and oxygen atoms in total. The van der Waals surface area contributed by atoms with Gasteiger partial charge in [-0.05, 0) is 25.3 Å². The second-order valence-electron chi connectivity index (χ2n) is 4.40. The van der Waals surface area contributed by atoms with Crippen LogP contribution >= 0.6 is 0 Å². The number of rotatable bonds is 2. The second-order valence-corrected chi connectivity index (χ2v) is 4.40. The van der Waals surface area contributed by atoms with E-state index in [1.54, 1.807) is 12.4 Å². The molecule has 16 heavy (non-hydrogen) atoms. The van der Waals surface area contributed by atoms with Gasteiger partial charge in [0.2, 0.25) is 0 Å². The molecular formula is C11H15N5. The molecule has 2 atom stereocenters. The maximum atomic E-state index is 5.80. The van der Waals surface area contributed by atoms with Crippen LogP contribution in [0.4, 0.5) is 0 Å². The van der Waals surface area contributed by atoms with Crippen molar-refractivity contribution < 1.29 is 0 Å². The fraction of sp³-hybridized carbons (Fsp3) is 0.545. The van der Waals surface area contributed by atoms with Gasteiger partial charge in [-0.1, -0.05) is 6.42 Å². The lowest BCUT2D eigenvalue weighted by molar-refractivity contribution is 0.474. The summed E-state index contributed by atoms with van der Waals surface area (Å²) in [5.41, 5.74) is 6.62. The highest BCUT2D eigenvalue weighted by Crippen LogP contribution is 2.37. The van der Waals surface area contributed by atoms with Gasteiger partial charge in [-0.2, -0.15) is 0 Å². The highest BCUT2D eigenvalue weighted by molar-refractivity contribution is 5.34. The number of nitrogens with two attached hydrogens (primary N) is 1. The van der Waals surface area contributed by atoms with Crippen LogP contribution in [0.25, 0.3) is 5.65 Å². The molecule has 0 amide bonds. The van der Waals surface area contributed by atoms with Gasteiger partial charge in [0.05, 0.1) is 6.20 Å². The zero-order chi connectivity index (χ0) is 11.0. The molecule has 1 saturated carbocycles. The molecule has 5 heteroatoms. The Labute approximate surface area is 93.7 Å². The average Bonchev–Trinajstić information content (AvgIpc) is 2.94. The molecule has 0 aliphatic heterocycles. The van der Waals surface area contributed by atoms with Crippen molar-refractivity contribution in [3.05, 3.63) is 24.4 Å².